The second-order valence-electron chi connectivity index (χ2n) is 3.92. The molecule has 0 amide bonds. The van der Waals surface area contributed by atoms with E-state index < -0.39 is 5.97 Å². The Bertz CT molecular complexity index is 635. The van der Waals surface area contributed by atoms with Crippen LogP contribution in [0, 0.1) is 6.92 Å². The Kier molecular flexibility index (Phi) is 3.23. The number of carboxylic acids is 1. The van der Waals surface area contributed by atoms with E-state index in [4.69, 9.17) is 0 Å². The molecule has 1 heterocycles. The zero-order valence-corrected chi connectivity index (χ0v) is 10.1. The molecule has 1 N–H and O–H groups in total. The van der Waals surface area contributed by atoms with E-state index in [2.05, 4.69) is 15.5 Å². The predicted octanol–water partition coefficient (Wildman–Crippen LogP) is 1.08. The van der Waals surface area contributed by atoms with Gasteiger partial charge >= 0.3 is 0 Å². The van der Waals surface area contributed by atoms with Crippen LogP contribution >= 0.6 is 0 Å². The molecule has 0 aliphatic heterocycles. The lowest BCUT2D eigenvalue weighted by molar-refractivity contribution is -0.294. The van der Waals surface area contributed by atoms with E-state index in [-0.39, 0.29) is 5.71 Å². The number of hydrogen-bond donors (Lipinski definition) is 1. The zero-order valence-electron chi connectivity index (χ0n) is 10.1. The second-order valence-corrected chi connectivity index (χ2v) is 3.92. The van der Waals surface area contributed by atoms with Gasteiger partial charge in [-0.1, -0.05) is 18.2 Å². The molecule has 0 unspecified atom stereocenters. The van der Waals surface area contributed by atoms with Gasteiger partial charge in [0.05, 0.1) is 22.9 Å². The number of carbonyl (C=O) groups excluding carboxylic acids is 1. The number of nitrogens with one attached hydrogen (secondary N) is 1. The van der Waals surface area contributed by atoms with E-state index in [0.717, 1.165) is 22.3 Å². The Morgan fingerprint density at radius 2 is 2.11 bits per heavy atom. The largest absolute Gasteiger partial charge is 0.543 e. The molecule has 0 saturated heterocycles. The average Bonchev–Trinajstić information content (AvgIpc) is 2.35. The first-order chi connectivity index (χ1) is 8.58. The number of rotatable bonds is 3. The quantitative estimate of drug-likeness (QED) is 0.645. The van der Waals surface area contributed by atoms with Gasteiger partial charge in [0.15, 0.2) is 0 Å². The van der Waals surface area contributed by atoms with Crippen LogP contribution < -0.4 is 10.5 Å². The summed E-state index contributed by atoms with van der Waals surface area (Å²) in [5.41, 5.74) is 5.02. The number of benzene rings is 1. The van der Waals surface area contributed by atoms with Gasteiger partial charge in [-0.3, -0.25) is 10.4 Å². The fraction of sp³-hybridized carbons (Fsp3) is 0.154. The number of hydrogen-bond acceptors (Lipinski definition) is 5. The summed E-state index contributed by atoms with van der Waals surface area (Å²) in [7, 11) is 0. The molecule has 0 aliphatic carbocycles. The first-order valence-electron chi connectivity index (χ1n) is 5.46. The first-order valence-corrected chi connectivity index (χ1v) is 5.46. The van der Waals surface area contributed by atoms with Crippen molar-refractivity contribution in [3.05, 3.63) is 36.0 Å². The molecule has 0 spiro atoms. The fourth-order valence-electron chi connectivity index (χ4n) is 1.59. The number of pyridine rings is 1. The van der Waals surface area contributed by atoms with Crippen LogP contribution in [0.4, 0.5) is 5.69 Å². The highest BCUT2D eigenvalue weighted by atomic mass is 16.4. The Morgan fingerprint density at radius 3 is 2.83 bits per heavy atom. The Balaban J connectivity index is 2.44. The van der Waals surface area contributed by atoms with Gasteiger partial charge in [0.2, 0.25) is 0 Å². The Labute approximate surface area is 104 Å². The van der Waals surface area contributed by atoms with Gasteiger partial charge < -0.3 is 9.90 Å². The molecule has 0 fully saturated rings. The topological polar surface area (TPSA) is 77.4 Å². The van der Waals surface area contributed by atoms with Crippen LogP contribution in [0.5, 0.6) is 0 Å². The van der Waals surface area contributed by atoms with Crippen molar-refractivity contribution >= 4 is 28.3 Å². The Hall–Kier alpha value is -2.43. The third kappa shape index (κ3) is 2.45. The molecule has 5 nitrogen and oxygen atoms in total. The number of carboxylic acid groups (broad SMARTS) is 1. The predicted molar refractivity (Wildman–Crippen MR) is 68.2 cm³/mol. The van der Waals surface area contributed by atoms with E-state index in [1.54, 1.807) is 0 Å². The summed E-state index contributed by atoms with van der Waals surface area (Å²) in [6.45, 7) is 3.24. The van der Waals surface area contributed by atoms with Crippen molar-refractivity contribution in [1.29, 1.82) is 0 Å². The maximum atomic E-state index is 10.6. The van der Waals surface area contributed by atoms with Gasteiger partial charge in [0, 0.05) is 11.1 Å². The van der Waals surface area contributed by atoms with Crippen molar-refractivity contribution in [3.8, 4) is 0 Å². The normalized spacial score (nSPS) is 11.6. The lowest BCUT2D eigenvalue weighted by Gasteiger charge is -2.08. The molecule has 0 aliphatic rings. The molecular formula is C13H12N3O2-. The van der Waals surface area contributed by atoms with E-state index in [0.29, 0.717) is 0 Å². The number of fused-ring (bicyclic) bond motifs is 1. The molecule has 0 saturated carbocycles. The van der Waals surface area contributed by atoms with Gasteiger partial charge in [-0.05, 0) is 26.0 Å². The monoisotopic (exact) mass is 242 g/mol. The van der Waals surface area contributed by atoms with Gasteiger partial charge in [-0.15, -0.1) is 0 Å². The summed E-state index contributed by atoms with van der Waals surface area (Å²) >= 11 is 0. The minimum atomic E-state index is -1.29. The number of aliphatic carboxylic acids is 1. The highest BCUT2D eigenvalue weighted by Crippen LogP contribution is 2.22. The molecule has 18 heavy (non-hydrogen) atoms. The molecule has 2 rings (SSSR count). The summed E-state index contributed by atoms with van der Waals surface area (Å²) in [6, 6.07) is 9.39. The van der Waals surface area contributed by atoms with E-state index in [1.165, 1.54) is 6.92 Å². The molecule has 1 aromatic heterocycles. The zero-order chi connectivity index (χ0) is 13.1. The Morgan fingerprint density at radius 1 is 1.39 bits per heavy atom. The van der Waals surface area contributed by atoms with Crippen molar-refractivity contribution in [2.24, 2.45) is 5.10 Å². The van der Waals surface area contributed by atoms with Crippen LogP contribution in [-0.2, 0) is 4.79 Å². The van der Waals surface area contributed by atoms with E-state index in [9.17, 15) is 9.90 Å². The molecule has 0 atom stereocenters. The fourth-order valence-corrected chi connectivity index (χ4v) is 1.59. The number of aryl methyl sites for hydroxylation is 1. The van der Waals surface area contributed by atoms with Crippen molar-refractivity contribution < 1.29 is 9.90 Å². The molecule has 0 bridgehead atoms. The van der Waals surface area contributed by atoms with Crippen LogP contribution in [0.2, 0.25) is 0 Å². The molecule has 0 radical (unpaired) electrons. The van der Waals surface area contributed by atoms with Crippen molar-refractivity contribution in [3.63, 3.8) is 0 Å². The maximum absolute atomic E-state index is 10.6. The number of aromatic nitrogens is 1. The number of nitrogens with zero attached hydrogens (tertiary/aromatic N) is 2. The van der Waals surface area contributed by atoms with Crippen LogP contribution in [-0.4, -0.2) is 16.7 Å². The summed E-state index contributed by atoms with van der Waals surface area (Å²) in [6.07, 6.45) is 0. The highest BCUT2D eigenvalue weighted by Gasteiger charge is 2.02. The summed E-state index contributed by atoms with van der Waals surface area (Å²) in [5, 5.41) is 15.2. The summed E-state index contributed by atoms with van der Waals surface area (Å²) in [4.78, 5) is 14.9. The minimum absolute atomic E-state index is 0.103. The second kappa shape index (κ2) is 4.83. The van der Waals surface area contributed by atoms with Crippen LogP contribution in [0.1, 0.15) is 12.6 Å². The number of anilines is 1. The van der Waals surface area contributed by atoms with E-state index >= 15 is 0 Å². The third-order valence-corrected chi connectivity index (χ3v) is 2.48. The van der Waals surface area contributed by atoms with Gasteiger partial charge in [0.25, 0.3) is 0 Å². The number of carbonyl (C=O) groups is 1. The number of para-hydroxylation sites is 1. The van der Waals surface area contributed by atoms with Gasteiger partial charge in [-0.2, -0.15) is 5.10 Å². The van der Waals surface area contributed by atoms with Crippen molar-refractivity contribution in [1.82, 2.24) is 4.98 Å². The molecule has 2 aromatic rings. The summed E-state index contributed by atoms with van der Waals surface area (Å²) in [5.74, 6) is -1.29. The smallest absolute Gasteiger partial charge is 0.0873 e. The minimum Gasteiger partial charge on any atom is -0.543 e. The SMILES string of the molecule is C/C(=N\Nc1cc(C)nc2ccccc12)C(=O)[O-]. The van der Waals surface area contributed by atoms with E-state index in [1.807, 2.05) is 37.3 Å². The molecule has 92 valence electrons. The van der Waals surface area contributed by atoms with Gasteiger partial charge in [0.1, 0.15) is 0 Å². The standard InChI is InChI=1S/C13H13N3O2/c1-8-7-12(16-15-9(2)13(17)18)10-5-3-4-6-11(10)14-8/h3-7H,1-2H3,(H,14,16)(H,17,18)/p-1/b15-9+. The van der Waals surface area contributed by atoms with Crippen LogP contribution in [0.3, 0.4) is 0 Å². The third-order valence-electron chi connectivity index (χ3n) is 2.48. The molecule has 1 aromatic carbocycles. The highest BCUT2D eigenvalue weighted by molar-refractivity contribution is 6.33. The van der Waals surface area contributed by atoms with Crippen LogP contribution in [0.15, 0.2) is 35.4 Å². The molecular weight excluding hydrogens is 230 g/mol. The maximum Gasteiger partial charge on any atom is 0.0873 e. The summed E-state index contributed by atoms with van der Waals surface area (Å²) < 4.78 is 0. The van der Waals surface area contributed by atoms with Gasteiger partial charge in [-0.25, -0.2) is 0 Å². The first kappa shape index (κ1) is 12.0. The molecule has 5 heteroatoms. The van der Waals surface area contributed by atoms with Crippen molar-refractivity contribution in [2.45, 2.75) is 13.8 Å². The van der Waals surface area contributed by atoms with Crippen LogP contribution in [0.25, 0.3) is 10.9 Å². The average molecular weight is 242 g/mol. The van der Waals surface area contributed by atoms with Crippen molar-refractivity contribution in [2.75, 3.05) is 5.43 Å². The lowest BCUT2D eigenvalue weighted by atomic mass is 10.1. The lowest BCUT2D eigenvalue weighted by Crippen LogP contribution is -2.30. The number of hydrazone groups is 1.